The van der Waals surface area contributed by atoms with Gasteiger partial charge in [0.25, 0.3) is 5.56 Å². The van der Waals surface area contributed by atoms with Gasteiger partial charge < -0.3 is 14.6 Å². The van der Waals surface area contributed by atoms with Gasteiger partial charge in [-0.05, 0) is 57.4 Å². The SMILES string of the molecule is CC(=O)NC(C)CCc1ccc(Oc2ccc(=O)n(C(C)C)c2)cc1. The predicted molar refractivity (Wildman–Crippen MR) is 99.2 cm³/mol. The number of carbonyl (C=O) groups is 1. The molecule has 0 radical (unpaired) electrons. The number of hydrogen-bond donors (Lipinski definition) is 1. The summed E-state index contributed by atoms with van der Waals surface area (Å²) in [6.07, 6.45) is 3.51. The zero-order valence-corrected chi connectivity index (χ0v) is 15.3. The van der Waals surface area contributed by atoms with Crippen LogP contribution in [-0.2, 0) is 11.2 Å². The van der Waals surface area contributed by atoms with Gasteiger partial charge in [0.1, 0.15) is 11.5 Å². The summed E-state index contributed by atoms with van der Waals surface area (Å²) in [5, 5.41) is 2.88. The number of aryl methyl sites for hydroxylation is 1. The number of carbonyl (C=O) groups excluding carboxylic acids is 1. The van der Waals surface area contributed by atoms with E-state index in [1.807, 2.05) is 45.0 Å². The summed E-state index contributed by atoms with van der Waals surface area (Å²) in [5.74, 6) is 1.37. The summed E-state index contributed by atoms with van der Waals surface area (Å²) in [5.41, 5.74) is 1.16. The van der Waals surface area contributed by atoms with Crippen LogP contribution in [0.3, 0.4) is 0 Å². The second kappa shape index (κ2) is 8.51. The molecule has 1 atom stereocenters. The Balaban J connectivity index is 1.97. The third-order valence-electron chi connectivity index (χ3n) is 3.94. The van der Waals surface area contributed by atoms with Gasteiger partial charge in [-0.1, -0.05) is 12.1 Å². The highest BCUT2D eigenvalue weighted by Crippen LogP contribution is 2.22. The first-order valence-corrected chi connectivity index (χ1v) is 8.61. The Bertz CT molecular complexity index is 763. The molecule has 2 rings (SSSR count). The molecule has 134 valence electrons. The van der Waals surface area contributed by atoms with E-state index in [4.69, 9.17) is 4.74 Å². The van der Waals surface area contributed by atoms with E-state index < -0.39 is 0 Å². The third kappa shape index (κ3) is 5.78. The summed E-state index contributed by atoms with van der Waals surface area (Å²) >= 11 is 0. The Morgan fingerprint density at radius 3 is 2.32 bits per heavy atom. The van der Waals surface area contributed by atoms with Gasteiger partial charge in [0.15, 0.2) is 0 Å². The molecule has 0 bridgehead atoms. The minimum atomic E-state index is -0.0361. The fourth-order valence-corrected chi connectivity index (χ4v) is 2.61. The highest BCUT2D eigenvalue weighted by Gasteiger charge is 2.06. The topological polar surface area (TPSA) is 60.3 Å². The lowest BCUT2D eigenvalue weighted by molar-refractivity contribution is -0.119. The van der Waals surface area contributed by atoms with Crippen molar-refractivity contribution in [1.29, 1.82) is 0 Å². The monoisotopic (exact) mass is 342 g/mol. The standard InChI is InChI=1S/C20H26N2O3/c1-14(2)22-13-19(11-12-20(22)24)25-18-9-7-17(8-10-18)6-5-15(3)21-16(4)23/h7-15H,5-6H2,1-4H3,(H,21,23). The molecule has 5 nitrogen and oxygen atoms in total. The van der Waals surface area contributed by atoms with Crippen LogP contribution in [0.1, 0.15) is 45.7 Å². The van der Waals surface area contributed by atoms with Crippen molar-refractivity contribution in [2.24, 2.45) is 0 Å². The summed E-state index contributed by atoms with van der Waals surface area (Å²) in [4.78, 5) is 22.8. The number of nitrogens with zero attached hydrogens (tertiary/aromatic N) is 1. The van der Waals surface area contributed by atoms with Gasteiger partial charge in [0.2, 0.25) is 5.91 Å². The fourth-order valence-electron chi connectivity index (χ4n) is 2.61. The highest BCUT2D eigenvalue weighted by molar-refractivity contribution is 5.73. The lowest BCUT2D eigenvalue weighted by atomic mass is 10.1. The molecular weight excluding hydrogens is 316 g/mol. The number of amides is 1. The van der Waals surface area contributed by atoms with Gasteiger partial charge in [-0.25, -0.2) is 0 Å². The fraction of sp³-hybridized carbons (Fsp3) is 0.400. The highest BCUT2D eigenvalue weighted by atomic mass is 16.5. The van der Waals surface area contributed by atoms with Gasteiger partial charge in [0, 0.05) is 25.1 Å². The Morgan fingerprint density at radius 1 is 1.08 bits per heavy atom. The van der Waals surface area contributed by atoms with E-state index in [0.717, 1.165) is 18.6 Å². The van der Waals surface area contributed by atoms with Gasteiger partial charge in [0.05, 0.1) is 6.20 Å². The molecule has 0 fully saturated rings. The van der Waals surface area contributed by atoms with Gasteiger partial charge in [-0.3, -0.25) is 9.59 Å². The molecule has 1 aromatic heterocycles. The molecular formula is C20H26N2O3. The smallest absolute Gasteiger partial charge is 0.251 e. The molecule has 1 N–H and O–H groups in total. The lowest BCUT2D eigenvalue weighted by Crippen LogP contribution is -2.30. The van der Waals surface area contributed by atoms with E-state index in [1.54, 1.807) is 16.8 Å². The quantitative estimate of drug-likeness (QED) is 0.835. The molecule has 0 saturated carbocycles. The van der Waals surface area contributed by atoms with E-state index in [2.05, 4.69) is 5.32 Å². The lowest BCUT2D eigenvalue weighted by Gasteiger charge is -2.13. The number of pyridine rings is 1. The zero-order chi connectivity index (χ0) is 18.4. The minimum Gasteiger partial charge on any atom is -0.456 e. The van der Waals surface area contributed by atoms with E-state index in [9.17, 15) is 9.59 Å². The average Bonchev–Trinajstić information content (AvgIpc) is 2.55. The number of rotatable bonds is 7. The first-order chi connectivity index (χ1) is 11.8. The largest absolute Gasteiger partial charge is 0.456 e. The molecule has 0 spiro atoms. The normalized spacial score (nSPS) is 12.0. The summed E-state index contributed by atoms with van der Waals surface area (Å²) in [6, 6.07) is 11.3. The molecule has 0 aliphatic rings. The van der Waals surface area contributed by atoms with Crippen LogP contribution < -0.4 is 15.6 Å². The first-order valence-electron chi connectivity index (χ1n) is 8.61. The van der Waals surface area contributed by atoms with E-state index in [1.165, 1.54) is 18.6 Å². The third-order valence-corrected chi connectivity index (χ3v) is 3.94. The molecule has 0 aliphatic heterocycles. The van der Waals surface area contributed by atoms with Gasteiger partial charge in [-0.2, -0.15) is 0 Å². The molecule has 1 unspecified atom stereocenters. The van der Waals surface area contributed by atoms with Crippen LogP contribution in [0.15, 0.2) is 47.4 Å². The van der Waals surface area contributed by atoms with Crippen LogP contribution >= 0.6 is 0 Å². The Hall–Kier alpha value is -2.56. The summed E-state index contributed by atoms with van der Waals surface area (Å²) < 4.78 is 7.49. The number of ether oxygens (including phenoxy) is 1. The summed E-state index contributed by atoms with van der Waals surface area (Å²) in [7, 11) is 0. The molecule has 1 amide bonds. The number of nitrogens with one attached hydrogen (secondary N) is 1. The number of benzene rings is 1. The maximum absolute atomic E-state index is 11.8. The minimum absolute atomic E-state index is 0.000942. The van der Waals surface area contributed by atoms with Crippen LogP contribution in [0, 0.1) is 0 Å². The molecule has 0 saturated heterocycles. The van der Waals surface area contributed by atoms with Gasteiger partial charge in [-0.15, -0.1) is 0 Å². The van der Waals surface area contributed by atoms with Crippen LogP contribution in [0.2, 0.25) is 0 Å². The summed E-state index contributed by atoms with van der Waals surface area (Å²) in [6.45, 7) is 7.46. The van der Waals surface area contributed by atoms with Crippen molar-refractivity contribution in [1.82, 2.24) is 9.88 Å². The van der Waals surface area contributed by atoms with Crippen LogP contribution in [0.25, 0.3) is 0 Å². The molecule has 0 aliphatic carbocycles. The Kier molecular flexibility index (Phi) is 6.39. The van der Waals surface area contributed by atoms with Gasteiger partial charge >= 0.3 is 0 Å². The van der Waals surface area contributed by atoms with Crippen LogP contribution in [-0.4, -0.2) is 16.5 Å². The van der Waals surface area contributed by atoms with Crippen LogP contribution in [0.4, 0.5) is 0 Å². The van der Waals surface area contributed by atoms with Crippen LogP contribution in [0.5, 0.6) is 11.5 Å². The van der Waals surface area contributed by atoms with Crippen molar-refractivity contribution in [2.75, 3.05) is 0 Å². The zero-order valence-electron chi connectivity index (χ0n) is 15.3. The van der Waals surface area contributed by atoms with Crippen molar-refractivity contribution >= 4 is 5.91 Å². The second-order valence-electron chi connectivity index (χ2n) is 6.59. The molecule has 1 heterocycles. The Labute approximate surface area is 148 Å². The van der Waals surface area contributed by atoms with Crippen molar-refractivity contribution in [3.8, 4) is 11.5 Å². The van der Waals surface area contributed by atoms with Crippen molar-refractivity contribution < 1.29 is 9.53 Å². The first kappa shape index (κ1) is 18.8. The predicted octanol–water partition coefficient (Wildman–Crippen LogP) is 3.68. The van der Waals surface area contributed by atoms with E-state index >= 15 is 0 Å². The molecule has 5 heteroatoms. The van der Waals surface area contributed by atoms with E-state index in [0.29, 0.717) is 5.75 Å². The molecule has 1 aromatic carbocycles. The number of aromatic nitrogens is 1. The Morgan fingerprint density at radius 2 is 1.72 bits per heavy atom. The van der Waals surface area contributed by atoms with Crippen molar-refractivity contribution in [3.63, 3.8) is 0 Å². The number of hydrogen-bond acceptors (Lipinski definition) is 3. The maximum Gasteiger partial charge on any atom is 0.251 e. The van der Waals surface area contributed by atoms with Crippen molar-refractivity contribution in [2.45, 2.75) is 52.6 Å². The van der Waals surface area contributed by atoms with E-state index in [-0.39, 0.29) is 23.6 Å². The average molecular weight is 342 g/mol. The van der Waals surface area contributed by atoms with Crippen molar-refractivity contribution in [3.05, 3.63) is 58.5 Å². The maximum atomic E-state index is 11.8. The molecule has 2 aromatic rings. The second-order valence-corrected chi connectivity index (χ2v) is 6.59. The molecule has 25 heavy (non-hydrogen) atoms.